The predicted octanol–water partition coefficient (Wildman–Crippen LogP) is 3.14. The van der Waals surface area contributed by atoms with Gasteiger partial charge in [0.15, 0.2) is 0 Å². The number of fused-ring (bicyclic) bond motifs is 1. The average molecular weight is 432 g/mol. The maximum absolute atomic E-state index is 12.4. The Labute approximate surface area is 176 Å². The number of amides is 4. The largest absolute Gasteiger partial charge is 0.343 e. The van der Waals surface area contributed by atoms with E-state index < -0.39 is 23.6 Å². The molecule has 0 spiro atoms. The highest BCUT2D eigenvalue weighted by molar-refractivity contribution is 6.35. The summed E-state index contributed by atoms with van der Waals surface area (Å²) in [6, 6.07) is 8.78. The van der Waals surface area contributed by atoms with E-state index in [0.717, 1.165) is 4.90 Å². The van der Waals surface area contributed by atoms with Gasteiger partial charge in [0.25, 0.3) is 17.7 Å². The highest BCUT2D eigenvalue weighted by atomic mass is 35.5. The number of imide groups is 1. The number of halogens is 2. The molecule has 2 aromatic carbocycles. The lowest BCUT2D eigenvalue weighted by Gasteiger charge is -2.09. The zero-order valence-electron chi connectivity index (χ0n) is 15.0. The van der Waals surface area contributed by atoms with Crippen molar-refractivity contribution >= 4 is 52.5 Å². The summed E-state index contributed by atoms with van der Waals surface area (Å²) in [6.07, 6.45) is 1.44. The Morgan fingerprint density at radius 1 is 1.03 bits per heavy atom. The van der Waals surface area contributed by atoms with Gasteiger partial charge in [0.1, 0.15) is 0 Å². The lowest BCUT2D eigenvalue weighted by molar-refractivity contribution is -0.115. The van der Waals surface area contributed by atoms with Crippen LogP contribution in [-0.2, 0) is 4.79 Å². The topological polar surface area (TPSA) is 95.6 Å². The summed E-state index contributed by atoms with van der Waals surface area (Å²) >= 11 is 11.8. The van der Waals surface area contributed by atoms with Crippen LogP contribution >= 0.6 is 23.2 Å². The van der Waals surface area contributed by atoms with Crippen molar-refractivity contribution in [2.24, 2.45) is 0 Å². The second-order valence-electron chi connectivity index (χ2n) is 6.12. The number of nitrogens with zero attached hydrogens (tertiary/aromatic N) is 1. The van der Waals surface area contributed by atoms with Crippen LogP contribution in [0.25, 0.3) is 0 Å². The van der Waals surface area contributed by atoms with Gasteiger partial charge in [-0.05, 0) is 36.4 Å². The number of anilines is 1. The van der Waals surface area contributed by atoms with E-state index in [-0.39, 0.29) is 29.8 Å². The second-order valence-corrected chi connectivity index (χ2v) is 6.97. The van der Waals surface area contributed by atoms with Crippen LogP contribution in [0.2, 0.25) is 10.0 Å². The first kappa shape index (κ1) is 20.6. The zero-order chi connectivity index (χ0) is 21.1. The molecular formula is C20H15Cl2N3O4. The van der Waals surface area contributed by atoms with Crippen molar-refractivity contribution in [1.29, 1.82) is 0 Å². The molecular weight excluding hydrogens is 417 g/mol. The molecule has 0 aromatic heterocycles. The van der Waals surface area contributed by atoms with Gasteiger partial charge in [-0.15, -0.1) is 6.58 Å². The van der Waals surface area contributed by atoms with Crippen LogP contribution in [0.1, 0.15) is 31.1 Å². The van der Waals surface area contributed by atoms with E-state index in [1.165, 1.54) is 36.4 Å². The Morgan fingerprint density at radius 2 is 1.76 bits per heavy atom. The highest BCUT2D eigenvalue weighted by Gasteiger charge is 2.35. The summed E-state index contributed by atoms with van der Waals surface area (Å²) in [5.41, 5.74) is 0.836. The van der Waals surface area contributed by atoms with Gasteiger partial charge in [-0.1, -0.05) is 29.3 Å². The fraction of sp³-hybridized carbons (Fsp3) is 0.100. The molecule has 1 aliphatic heterocycles. The Kier molecular flexibility index (Phi) is 6.00. The van der Waals surface area contributed by atoms with Crippen LogP contribution in [0.3, 0.4) is 0 Å². The maximum atomic E-state index is 12.4. The van der Waals surface area contributed by atoms with Gasteiger partial charge in [0, 0.05) is 17.1 Å². The molecule has 1 heterocycles. The fourth-order valence-corrected chi connectivity index (χ4v) is 3.11. The Balaban J connectivity index is 1.66. The molecule has 0 bridgehead atoms. The van der Waals surface area contributed by atoms with E-state index in [0.29, 0.717) is 15.7 Å². The number of hydrogen-bond acceptors (Lipinski definition) is 4. The first-order chi connectivity index (χ1) is 13.8. The summed E-state index contributed by atoms with van der Waals surface area (Å²) in [5, 5.41) is 5.71. The van der Waals surface area contributed by atoms with Gasteiger partial charge in [-0.2, -0.15) is 0 Å². The minimum absolute atomic E-state index is 0.0834. The van der Waals surface area contributed by atoms with Gasteiger partial charge in [-0.25, -0.2) is 0 Å². The summed E-state index contributed by atoms with van der Waals surface area (Å²) < 4.78 is 0. The van der Waals surface area contributed by atoms with Crippen molar-refractivity contribution in [2.75, 3.05) is 18.4 Å². The monoisotopic (exact) mass is 431 g/mol. The quantitative estimate of drug-likeness (QED) is 0.542. The zero-order valence-corrected chi connectivity index (χ0v) is 16.5. The van der Waals surface area contributed by atoms with E-state index in [4.69, 9.17) is 23.2 Å². The number of hydrogen-bond donors (Lipinski definition) is 2. The van der Waals surface area contributed by atoms with Crippen LogP contribution in [0.15, 0.2) is 49.1 Å². The molecule has 1 aliphatic rings. The third-order valence-electron chi connectivity index (χ3n) is 4.16. The molecule has 0 aliphatic carbocycles. The molecule has 0 saturated heterocycles. The summed E-state index contributed by atoms with van der Waals surface area (Å²) in [5.74, 6) is -2.00. The fourth-order valence-electron chi connectivity index (χ4n) is 2.78. The Bertz CT molecular complexity index is 1050. The van der Waals surface area contributed by atoms with Crippen molar-refractivity contribution in [3.05, 3.63) is 75.8 Å². The molecule has 0 unspecified atom stereocenters. The highest BCUT2D eigenvalue weighted by Crippen LogP contribution is 2.25. The van der Waals surface area contributed by atoms with Gasteiger partial charge < -0.3 is 10.6 Å². The third kappa shape index (κ3) is 4.31. The molecule has 0 atom stereocenters. The number of carbonyl (C=O) groups is 4. The molecule has 9 heteroatoms. The van der Waals surface area contributed by atoms with Gasteiger partial charge in [0.05, 0.1) is 28.4 Å². The minimum atomic E-state index is -0.567. The molecule has 148 valence electrons. The summed E-state index contributed by atoms with van der Waals surface area (Å²) in [4.78, 5) is 50.0. The van der Waals surface area contributed by atoms with E-state index in [2.05, 4.69) is 17.2 Å². The number of carbonyl (C=O) groups excluding carboxylic acids is 4. The lowest BCUT2D eigenvalue weighted by Crippen LogP contribution is -2.33. The van der Waals surface area contributed by atoms with Gasteiger partial charge in [-0.3, -0.25) is 24.1 Å². The van der Waals surface area contributed by atoms with Gasteiger partial charge >= 0.3 is 0 Å². The molecule has 0 saturated carbocycles. The van der Waals surface area contributed by atoms with Crippen molar-refractivity contribution in [3.8, 4) is 0 Å². The van der Waals surface area contributed by atoms with Crippen LogP contribution < -0.4 is 10.6 Å². The standard InChI is InChI=1S/C20H15Cl2N3O4/c1-2-7-25-19(28)13-5-3-11(8-14(13)20(25)29)18(27)23-10-17(26)24-16-9-12(21)4-6-15(16)22/h2-6,8-9H,1,7,10H2,(H,23,27)(H,24,26). The molecule has 0 radical (unpaired) electrons. The molecule has 4 amide bonds. The number of rotatable bonds is 6. The first-order valence-electron chi connectivity index (χ1n) is 8.46. The van der Waals surface area contributed by atoms with Crippen molar-refractivity contribution < 1.29 is 19.2 Å². The number of nitrogens with one attached hydrogen (secondary N) is 2. The lowest BCUT2D eigenvalue weighted by atomic mass is 10.1. The Morgan fingerprint density at radius 3 is 2.48 bits per heavy atom. The number of benzene rings is 2. The third-order valence-corrected chi connectivity index (χ3v) is 4.72. The summed E-state index contributed by atoms with van der Waals surface area (Å²) in [7, 11) is 0. The maximum Gasteiger partial charge on any atom is 0.261 e. The van der Waals surface area contributed by atoms with Crippen LogP contribution in [0, 0.1) is 0 Å². The first-order valence-corrected chi connectivity index (χ1v) is 9.21. The van der Waals surface area contributed by atoms with Crippen LogP contribution in [0.4, 0.5) is 5.69 Å². The second kappa shape index (κ2) is 8.46. The van der Waals surface area contributed by atoms with E-state index in [9.17, 15) is 19.2 Å². The normalized spacial score (nSPS) is 12.6. The molecule has 29 heavy (non-hydrogen) atoms. The van der Waals surface area contributed by atoms with E-state index >= 15 is 0 Å². The van der Waals surface area contributed by atoms with Crippen LogP contribution in [-0.4, -0.2) is 41.6 Å². The minimum Gasteiger partial charge on any atom is -0.343 e. The Hall–Kier alpha value is -3.16. The van der Waals surface area contributed by atoms with E-state index in [1.807, 2.05) is 0 Å². The SMILES string of the molecule is C=CCN1C(=O)c2ccc(C(=O)NCC(=O)Nc3cc(Cl)ccc3Cl)cc2C1=O. The predicted molar refractivity (Wildman–Crippen MR) is 109 cm³/mol. The van der Waals surface area contributed by atoms with Crippen molar-refractivity contribution in [2.45, 2.75) is 0 Å². The molecule has 7 nitrogen and oxygen atoms in total. The molecule has 3 rings (SSSR count). The van der Waals surface area contributed by atoms with Gasteiger partial charge in [0.2, 0.25) is 5.91 Å². The molecule has 0 fully saturated rings. The summed E-state index contributed by atoms with van der Waals surface area (Å²) in [6.45, 7) is 3.28. The van der Waals surface area contributed by atoms with Crippen molar-refractivity contribution in [3.63, 3.8) is 0 Å². The average Bonchev–Trinajstić information content (AvgIpc) is 2.93. The van der Waals surface area contributed by atoms with Crippen molar-refractivity contribution in [1.82, 2.24) is 10.2 Å². The van der Waals surface area contributed by atoms with E-state index in [1.54, 1.807) is 6.07 Å². The molecule has 2 N–H and O–H groups in total. The van der Waals surface area contributed by atoms with Crippen LogP contribution in [0.5, 0.6) is 0 Å². The smallest absolute Gasteiger partial charge is 0.261 e. The molecule has 2 aromatic rings.